The Labute approximate surface area is 161 Å². The van der Waals surface area contributed by atoms with Crippen LogP contribution in [0.3, 0.4) is 0 Å². The summed E-state index contributed by atoms with van der Waals surface area (Å²) >= 11 is 0. The third-order valence-electron chi connectivity index (χ3n) is 6.18. The van der Waals surface area contributed by atoms with Gasteiger partial charge in [0.2, 0.25) is 0 Å². The van der Waals surface area contributed by atoms with E-state index < -0.39 is 0 Å². The van der Waals surface area contributed by atoms with Gasteiger partial charge >= 0.3 is 0 Å². The molecule has 1 heteroatoms. The zero-order chi connectivity index (χ0) is 18.7. The molecule has 0 aliphatic heterocycles. The topological polar surface area (TPSA) is 15.8 Å². The van der Waals surface area contributed by atoms with E-state index in [1.54, 1.807) is 0 Å². The molecule has 134 valence electrons. The van der Waals surface area contributed by atoms with Crippen LogP contribution in [0.1, 0.15) is 59.1 Å². The highest BCUT2D eigenvalue weighted by atomic mass is 14.7. The Hall–Kier alpha value is -2.80. The van der Waals surface area contributed by atoms with Crippen molar-refractivity contribution in [2.75, 3.05) is 0 Å². The maximum atomic E-state index is 3.73. The number of aromatic amines is 1. The van der Waals surface area contributed by atoms with Crippen LogP contribution in [0.4, 0.5) is 0 Å². The highest BCUT2D eigenvalue weighted by Crippen LogP contribution is 2.52. The van der Waals surface area contributed by atoms with Crippen molar-refractivity contribution < 1.29 is 0 Å². The van der Waals surface area contributed by atoms with Crippen molar-refractivity contribution in [3.8, 4) is 11.3 Å². The molecule has 27 heavy (non-hydrogen) atoms. The molecule has 1 aromatic heterocycles. The predicted molar refractivity (Wildman–Crippen MR) is 115 cm³/mol. The summed E-state index contributed by atoms with van der Waals surface area (Å²) in [5, 5.41) is 1.35. The molecule has 1 nitrogen and oxygen atoms in total. The minimum Gasteiger partial charge on any atom is -0.354 e. The number of fused-ring (bicyclic) bond motifs is 5. The highest BCUT2D eigenvalue weighted by Gasteiger charge is 2.35. The lowest BCUT2D eigenvalue weighted by Gasteiger charge is -2.18. The zero-order valence-corrected chi connectivity index (χ0v) is 16.4. The molecule has 0 radical (unpaired) electrons. The fourth-order valence-electron chi connectivity index (χ4n) is 4.75. The summed E-state index contributed by atoms with van der Waals surface area (Å²) < 4.78 is 0. The summed E-state index contributed by atoms with van der Waals surface area (Å²) in [4.78, 5) is 3.73. The van der Waals surface area contributed by atoms with Crippen molar-refractivity contribution in [1.29, 1.82) is 0 Å². The number of hydrogen-bond donors (Lipinski definition) is 1. The SMILES string of the molecule is Cc1ccc(C)c2c1-c1[nH]c3ccccc3c1C2c1ccc(C(C)C)cc1. The van der Waals surface area contributed by atoms with Crippen molar-refractivity contribution in [2.24, 2.45) is 0 Å². The van der Waals surface area contributed by atoms with Crippen LogP contribution in [-0.4, -0.2) is 4.98 Å². The Morgan fingerprint density at radius 1 is 0.778 bits per heavy atom. The van der Waals surface area contributed by atoms with E-state index >= 15 is 0 Å². The normalized spacial score (nSPS) is 15.4. The summed E-state index contributed by atoms with van der Waals surface area (Å²) in [6.07, 6.45) is 0. The van der Waals surface area contributed by atoms with Gasteiger partial charge < -0.3 is 4.98 Å². The second kappa shape index (κ2) is 5.85. The van der Waals surface area contributed by atoms with Crippen molar-refractivity contribution in [3.05, 3.63) is 94.0 Å². The van der Waals surface area contributed by atoms with Crippen molar-refractivity contribution in [1.82, 2.24) is 4.98 Å². The Kier molecular flexibility index (Phi) is 3.55. The van der Waals surface area contributed by atoms with E-state index in [0.717, 1.165) is 0 Å². The van der Waals surface area contributed by atoms with Crippen LogP contribution in [0, 0.1) is 13.8 Å². The molecule has 4 aromatic rings. The van der Waals surface area contributed by atoms with Gasteiger partial charge in [-0.25, -0.2) is 0 Å². The molecule has 1 N–H and O–H groups in total. The van der Waals surface area contributed by atoms with E-state index in [9.17, 15) is 0 Å². The summed E-state index contributed by atoms with van der Waals surface area (Å²) in [6.45, 7) is 9.00. The maximum absolute atomic E-state index is 3.73. The van der Waals surface area contributed by atoms with E-state index in [0.29, 0.717) is 11.8 Å². The molecule has 1 heterocycles. The minimum atomic E-state index is 0.298. The van der Waals surface area contributed by atoms with E-state index in [2.05, 4.69) is 93.3 Å². The maximum Gasteiger partial charge on any atom is 0.0513 e. The van der Waals surface area contributed by atoms with E-state index in [-0.39, 0.29) is 0 Å². The summed E-state index contributed by atoms with van der Waals surface area (Å²) in [7, 11) is 0. The number of aryl methyl sites for hydroxylation is 2. The largest absolute Gasteiger partial charge is 0.354 e. The van der Waals surface area contributed by atoms with E-state index in [1.807, 2.05) is 0 Å². The fourth-order valence-corrected chi connectivity index (χ4v) is 4.75. The molecule has 0 saturated heterocycles. The Morgan fingerprint density at radius 2 is 1.48 bits per heavy atom. The van der Waals surface area contributed by atoms with E-state index in [4.69, 9.17) is 0 Å². The number of benzene rings is 3. The van der Waals surface area contributed by atoms with Gasteiger partial charge in [0.25, 0.3) is 0 Å². The van der Waals surface area contributed by atoms with Crippen LogP contribution in [0.15, 0.2) is 60.7 Å². The number of para-hydroxylation sites is 1. The fraction of sp³-hybridized carbons (Fsp3) is 0.231. The lowest BCUT2D eigenvalue weighted by molar-refractivity contribution is 0.863. The van der Waals surface area contributed by atoms with Gasteiger partial charge in [0.1, 0.15) is 0 Å². The Balaban J connectivity index is 1.82. The lowest BCUT2D eigenvalue weighted by atomic mass is 9.85. The number of rotatable bonds is 2. The van der Waals surface area contributed by atoms with Gasteiger partial charge in [0.15, 0.2) is 0 Å². The monoisotopic (exact) mass is 351 g/mol. The van der Waals surface area contributed by atoms with Crippen molar-refractivity contribution in [2.45, 2.75) is 39.5 Å². The third-order valence-corrected chi connectivity index (χ3v) is 6.18. The molecule has 0 saturated carbocycles. The average molecular weight is 351 g/mol. The second-order valence-corrected chi connectivity index (χ2v) is 8.20. The molecule has 0 fully saturated rings. The van der Waals surface area contributed by atoms with Crippen LogP contribution in [0.5, 0.6) is 0 Å². The third kappa shape index (κ3) is 2.31. The average Bonchev–Trinajstić information content (AvgIpc) is 3.20. The van der Waals surface area contributed by atoms with Gasteiger partial charge in [-0.2, -0.15) is 0 Å². The van der Waals surface area contributed by atoms with Gasteiger partial charge in [-0.3, -0.25) is 0 Å². The first-order chi connectivity index (χ1) is 13.1. The first-order valence-electron chi connectivity index (χ1n) is 9.87. The van der Waals surface area contributed by atoms with E-state index in [1.165, 1.54) is 55.5 Å². The molecule has 1 unspecified atom stereocenters. The van der Waals surface area contributed by atoms with Crippen LogP contribution >= 0.6 is 0 Å². The Bertz CT molecular complexity index is 1160. The lowest BCUT2D eigenvalue weighted by Crippen LogP contribution is -2.02. The molecule has 1 aliphatic carbocycles. The molecule has 0 bridgehead atoms. The molecule has 0 spiro atoms. The van der Waals surface area contributed by atoms with Gasteiger partial charge in [-0.1, -0.05) is 68.4 Å². The smallest absolute Gasteiger partial charge is 0.0513 e. The Morgan fingerprint density at radius 3 is 2.22 bits per heavy atom. The number of hydrogen-bond acceptors (Lipinski definition) is 0. The van der Waals surface area contributed by atoms with Gasteiger partial charge in [-0.05, 0) is 59.2 Å². The van der Waals surface area contributed by atoms with Crippen LogP contribution in [0.25, 0.3) is 22.2 Å². The highest BCUT2D eigenvalue weighted by molar-refractivity contribution is 5.97. The number of H-pyrrole nitrogens is 1. The zero-order valence-electron chi connectivity index (χ0n) is 16.4. The molecular weight excluding hydrogens is 326 g/mol. The first-order valence-corrected chi connectivity index (χ1v) is 9.87. The summed E-state index contributed by atoms with van der Waals surface area (Å²) in [5.74, 6) is 0.856. The summed E-state index contributed by atoms with van der Waals surface area (Å²) in [6, 6.07) is 22.5. The quantitative estimate of drug-likeness (QED) is 0.350. The van der Waals surface area contributed by atoms with Gasteiger partial charge in [0, 0.05) is 22.4 Å². The minimum absolute atomic E-state index is 0.298. The van der Waals surface area contributed by atoms with Crippen LogP contribution < -0.4 is 0 Å². The van der Waals surface area contributed by atoms with Gasteiger partial charge in [-0.15, -0.1) is 0 Å². The summed E-state index contributed by atoms with van der Waals surface area (Å²) in [5.41, 5.74) is 12.4. The predicted octanol–water partition coefficient (Wildman–Crippen LogP) is 7.07. The number of aromatic nitrogens is 1. The second-order valence-electron chi connectivity index (χ2n) is 8.20. The van der Waals surface area contributed by atoms with Crippen LogP contribution in [-0.2, 0) is 0 Å². The number of nitrogens with one attached hydrogen (secondary N) is 1. The molecule has 3 aromatic carbocycles. The molecule has 1 atom stereocenters. The standard InChI is InChI=1S/C26H25N/c1-15(2)18-11-13-19(14-12-18)24-22-16(3)9-10-17(4)23(22)26-25(24)20-7-5-6-8-21(20)27-26/h5-15,24,27H,1-4H3. The molecule has 0 amide bonds. The van der Waals surface area contributed by atoms with Crippen molar-refractivity contribution >= 4 is 10.9 Å². The van der Waals surface area contributed by atoms with Crippen molar-refractivity contribution in [3.63, 3.8) is 0 Å². The van der Waals surface area contributed by atoms with Crippen LogP contribution in [0.2, 0.25) is 0 Å². The van der Waals surface area contributed by atoms with Gasteiger partial charge in [0.05, 0.1) is 5.69 Å². The first kappa shape index (κ1) is 16.4. The molecular formula is C26H25N. The molecule has 5 rings (SSSR count). The molecule has 1 aliphatic rings.